The van der Waals surface area contributed by atoms with Crippen molar-refractivity contribution in [2.24, 2.45) is 0 Å². The Morgan fingerprint density at radius 2 is 1.86 bits per heavy atom. The first-order chi connectivity index (χ1) is 10.2. The lowest BCUT2D eigenvalue weighted by Crippen LogP contribution is -2.19. The maximum atomic E-state index is 13.0. The van der Waals surface area contributed by atoms with Crippen molar-refractivity contribution < 1.29 is 33.0 Å². The summed E-state index contributed by atoms with van der Waals surface area (Å²) in [4.78, 5) is 21.6. The van der Waals surface area contributed by atoms with Crippen LogP contribution in [-0.2, 0) is 12.7 Å². The highest BCUT2D eigenvalue weighted by Gasteiger charge is 2.41. The van der Waals surface area contributed by atoms with Crippen LogP contribution in [0.1, 0.15) is 32.1 Å². The summed E-state index contributed by atoms with van der Waals surface area (Å²) >= 11 is 0. The molecule has 0 spiro atoms. The van der Waals surface area contributed by atoms with Gasteiger partial charge in [0.15, 0.2) is 5.69 Å². The van der Waals surface area contributed by atoms with E-state index in [4.69, 9.17) is 10.2 Å². The summed E-state index contributed by atoms with van der Waals surface area (Å²) in [5.41, 5.74) is -2.60. The van der Waals surface area contributed by atoms with Crippen LogP contribution in [0.3, 0.4) is 0 Å². The Kier molecular flexibility index (Phi) is 3.85. The zero-order valence-corrected chi connectivity index (χ0v) is 10.7. The number of aromatic nitrogens is 3. The Bertz CT molecular complexity index is 739. The zero-order valence-electron chi connectivity index (χ0n) is 10.7. The van der Waals surface area contributed by atoms with Gasteiger partial charge in [-0.15, -0.1) is 5.10 Å². The van der Waals surface area contributed by atoms with Crippen molar-refractivity contribution in [3.05, 3.63) is 46.8 Å². The van der Waals surface area contributed by atoms with Crippen molar-refractivity contribution in [1.82, 2.24) is 15.0 Å². The second kappa shape index (κ2) is 5.47. The molecule has 0 aliphatic heterocycles. The summed E-state index contributed by atoms with van der Waals surface area (Å²) < 4.78 is 39.2. The lowest BCUT2D eigenvalue weighted by Gasteiger charge is -2.10. The number of carboxylic acids is 2. The first-order valence-electron chi connectivity index (χ1n) is 5.76. The van der Waals surface area contributed by atoms with Crippen LogP contribution in [0.15, 0.2) is 24.3 Å². The van der Waals surface area contributed by atoms with Gasteiger partial charge >= 0.3 is 18.1 Å². The fourth-order valence-electron chi connectivity index (χ4n) is 1.82. The molecule has 0 unspecified atom stereocenters. The maximum Gasteiger partial charge on any atom is 0.435 e. The molecule has 1 aromatic carbocycles. The second-order valence-electron chi connectivity index (χ2n) is 4.25. The molecular formula is C12H8F3N3O4. The number of alkyl halides is 3. The van der Waals surface area contributed by atoms with Gasteiger partial charge in [-0.1, -0.05) is 17.3 Å². The highest BCUT2D eigenvalue weighted by molar-refractivity contribution is 5.88. The van der Waals surface area contributed by atoms with Gasteiger partial charge in [-0.2, -0.15) is 13.2 Å². The van der Waals surface area contributed by atoms with Gasteiger partial charge in [-0.05, 0) is 17.7 Å². The van der Waals surface area contributed by atoms with E-state index in [1.54, 1.807) is 0 Å². The van der Waals surface area contributed by atoms with Crippen molar-refractivity contribution in [1.29, 1.82) is 0 Å². The van der Waals surface area contributed by atoms with Gasteiger partial charge in [0, 0.05) is 0 Å². The topological polar surface area (TPSA) is 105 Å². The van der Waals surface area contributed by atoms with E-state index in [2.05, 4.69) is 10.3 Å². The molecule has 0 atom stereocenters. The Labute approximate surface area is 120 Å². The van der Waals surface area contributed by atoms with Crippen molar-refractivity contribution in [2.45, 2.75) is 12.7 Å². The maximum absolute atomic E-state index is 13.0. The summed E-state index contributed by atoms with van der Waals surface area (Å²) in [7, 11) is 0. The van der Waals surface area contributed by atoms with Gasteiger partial charge in [0.05, 0.1) is 12.1 Å². The number of nitrogens with zero attached hydrogens (tertiary/aromatic N) is 3. The molecule has 2 rings (SSSR count). The van der Waals surface area contributed by atoms with E-state index in [0.717, 1.165) is 0 Å². The quantitative estimate of drug-likeness (QED) is 0.890. The highest BCUT2D eigenvalue weighted by Crippen LogP contribution is 2.31. The minimum atomic E-state index is -4.96. The lowest BCUT2D eigenvalue weighted by molar-refractivity contribution is -0.144. The monoisotopic (exact) mass is 315 g/mol. The van der Waals surface area contributed by atoms with Crippen molar-refractivity contribution in [3.8, 4) is 0 Å². The second-order valence-corrected chi connectivity index (χ2v) is 4.25. The summed E-state index contributed by atoms with van der Waals surface area (Å²) in [5, 5.41) is 23.8. The number of benzene rings is 1. The van der Waals surface area contributed by atoms with Gasteiger partial charge in [0.1, 0.15) is 0 Å². The van der Waals surface area contributed by atoms with Crippen LogP contribution in [-0.4, -0.2) is 37.1 Å². The van der Waals surface area contributed by atoms with E-state index in [1.807, 2.05) is 0 Å². The SMILES string of the molecule is O=C(O)c1cccc(Cn2nnc(C(=O)O)c2C(F)(F)F)c1. The average molecular weight is 315 g/mol. The van der Waals surface area contributed by atoms with Crippen LogP contribution in [0.2, 0.25) is 0 Å². The standard InChI is InChI=1S/C12H8F3N3O4/c13-12(14,15)9-8(11(21)22)16-17-18(9)5-6-2-1-3-7(4-6)10(19)20/h1-4H,5H2,(H,19,20)(H,21,22). The van der Waals surface area contributed by atoms with E-state index in [0.29, 0.717) is 4.68 Å². The average Bonchev–Trinajstić information content (AvgIpc) is 2.82. The van der Waals surface area contributed by atoms with E-state index >= 15 is 0 Å². The Hall–Kier alpha value is -2.91. The van der Waals surface area contributed by atoms with Crippen LogP contribution in [0.4, 0.5) is 13.2 Å². The minimum absolute atomic E-state index is 0.107. The van der Waals surface area contributed by atoms with Crippen LogP contribution in [0.25, 0.3) is 0 Å². The Balaban J connectivity index is 2.44. The number of rotatable bonds is 4. The van der Waals surface area contributed by atoms with Crippen molar-refractivity contribution in [3.63, 3.8) is 0 Å². The molecule has 0 bridgehead atoms. The van der Waals surface area contributed by atoms with Gasteiger partial charge in [0.2, 0.25) is 5.69 Å². The van der Waals surface area contributed by atoms with Gasteiger partial charge in [-0.3, -0.25) is 0 Å². The molecule has 1 heterocycles. The third-order valence-electron chi connectivity index (χ3n) is 2.71. The zero-order chi connectivity index (χ0) is 16.5. The highest BCUT2D eigenvalue weighted by atomic mass is 19.4. The van der Waals surface area contributed by atoms with E-state index in [1.165, 1.54) is 24.3 Å². The molecule has 0 saturated heterocycles. The molecule has 22 heavy (non-hydrogen) atoms. The van der Waals surface area contributed by atoms with Gasteiger partial charge in [0.25, 0.3) is 0 Å². The smallest absolute Gasteiger partial charge is 0.435 e. The summed E-state index contributed by atoms with van der Waals surface area (Å²) in [5.74, 6) is -3.08. The third kappa shape index (κ3) is 3.05. The molecule has 0 aliphatic rings. The molecule has 116 valence electrons. The van der Waals surface area contributed by atoms with Crippen LogP contribution >= 0.6 is 0 Å². The third-order valence-corrected chi connectivity index (χ3v) is 2.71. The van der Waals surface area contributed by atoms with Gasteiger partial charge in [-0.25, -0.2) is 14.3 Å². The first-order valence-corrected chi connectivity index (χ1v) is 5.76. The van der Waals surface area contributed by atoms with E-state index in [-0.39, 0.29) is 11.1 Å². The van der Waals surface area contributed by atoms with Crippen molar-refractivity contribution >= 4 is 11.9 Å². The number of hydrogen-bond acceptors (Lipinski definition) is 4. The number of hydrogen-bond donors (Lipinski definition) is 2. The minimum Gasteiger partial charge on any atom is -0.478 e. The van der Waals surface area contributed by atoms with Crippen molar-refractivity contribution in [2.75, 3.05) is 0 Å². The van der Waals surface area contributed by atoms with E-state index < -0.39 is 36.0 Å². The Morgan fingerprint density at radius 1 is 1.18 bits per heavy atom. The van der Waals surface area contributed by atoms with Crippen LogP contribution in [0.5, 0.6) is 0 Å². The predicted octanol–water partition coefficient (Wildman–Crippen LogP) is 1.74. The molecule has 7 nitrogen and oxygen atoms in total. The first kappa shape index (κ1) is 15.5. The fourth-order valence-corrected chi connectivity index (χ4v) is 1.82. The molecule has 0 radical (unpaired) electrons. The van der Waals surface area contributed by atoms with E-state index in [9.17, 15) is 22.8 Å². The number of carboxylic acid groups (broad SMARTS) is 2. The summed E-state index contributed by atoms with van der Waals surface area (Å²) in [6, 6.07) is 5.21. The molecule has 1 aromatic heterocycles. The number of aromatic carboxylic acids is 2. The van der Waals surface area contributed by atoms with Gasteiger partial charge < -0.3 is 10.2 Å². The molecule has 0 fully saturated rings. The lowest BCUT2D eigenvalue weighted by atomic mass is 10.1. The largest absolute Gasteiger partial charge is 0.478 e. The molecule has 0 aliphatic carbocycles. The fraction of sp³-hybridized carbons (Fsp3) is 0.167. The number of halogens is 3. The van der Waals surface area contributed by atoms with Crippen LogP contribution < -0.4 is 0 Å². The summed E-state index contributed by atoms with van der Waals surface area (Å²) in [6.45, 7) is -0.462. The molecule has 0 saturated carbocycles. The molecule has 10 heteroatoms. The summed E-state index contributed by atoms with van der Waals surface area (Å²) in [6.07, 6.45) is -4.96. The molecule has 0 amide bonds. The molecular weight excluding hydrogens is 307 g/mol. The molecule has 2 aromatic rings. The Morgan fingerprint density at radius 3 is 2.41 bits per heavy atom. The molecule has 2 N–H and O–H groups in total. The predicted molar refractivity (Wildman–Crippen MR) is 64.5 cm³/mol. The van der Waals surface area contributed by atoms with Crippen LogP contribution in [0, 0.1) is 0 Å². The number of carbonyl (C=O) groups is 2. The normalized spacial score (nSPS) is 11.4.